The Morgan fingerprint density at radius 3 is 2.04 bits per heavy atom. The number of carbonyl (C=O) groups is 5. The molecule has 16 heteroatoms. The highest BCUT2D eigenvalue weighted by molar-refractivity contribution is 5.97. The molecule has 1 amide bonds. The second-order valence-electron chi connectivity index (χ2n) is 9.51. The molecule has 0 unspecified atom stereocenters. The first-order valence-electron chi connectivity index (χ1n) is 14.1. The smallest absolute Gasteiger partial charge is 0.339 e. The third-order valence-corrected chi connectivity index (χ3v) is 6.01. The van der Waals surface area contributed by atoms with E-state index in [1.165, 1.54) is 18.2 Å². The largest absolute Gasteiger partial charge is 0.467 e. The van der Waals surface area contributed by atoms with Crippen LogP contribution in [0.25, 0.3) is 0 Å². The van der Waals surface area contributed by atoms with E-state index in [-0.39, 0.29) is 37.7 Å². The molecule has 1 aromatic rings. The predicted octanol–water partition coefficient (Wildman–Crippen LogP) is -0.336. The van der Waals surface area contributed by atoms with Crippen LogP contribution in [0.1, 0.15) is 36.7 Å². The first-order valence-corrected chi connectivity index (χ1v) is 14.1. The molecule has 2 rings (SSSR count). The molecule has 2 N–H and O–H groups in total. The lowest BCUT2D eigenvalue weighted by Crippen LogP contribution is -2.64. The van der Waals surface area contributed by atoms with Crippen LogP contribution in [0.4, 0.5) is 0 Å². The summed E-state index contributed by atoms with van der Waals surface area (Å²) in [5, 5.41) is 12.3. The average Bonchev–Trinajstić information content (AvgIpc) is 3.01. The molecule has 16 nitrogen and oxygen atoms in total. The van der Waals surface area contributed by atoms with E-state index < -0.39 is 67.1 Å². The highest BCUT2D eigenvalue weighted by Gasteiger charge is 2.56. The van der Waals surface area contributed by atoms with Gasteiger partial charge < -0.3 is 53.1 Å². The molecule has 1 saturated heterocycles. The highest BCUT2D eigenvalue weighted by atomic mass is 16.7. The van der Waals surface area contributed by atoms with Crippen molar-refractivity contribution >= 4 is 29.8 Å². The van der Waals surface area contributed by atoms with Crippen molar-refractivity contribution in [2.75, 3.05) is 53.3 Å². The summed E-state index contributed by atoms with van der Waals surface area (Å²) in [7, 11) is 1.05. The lowest BCUT2D eigenvalue weighted by atomic mass is 9.97. The molecule has 0 saturated carbocycles. The molecule has 1 aromatic carbocycles. The minimum atomic E-state index is -1.69. The van der Waals surface area contributed by atoms with Gasteiger partial charge in [-0.05, 0) is 17.7 Å². The topological polar surface area (TPSA) is 201 Å². The van der Waals surface area contributed by atoms with E-state index in [0.29, 0.717) is 25.4 Å². The van der Waals surface area contributed by atoms with Gasteiger partial charge in [-0.25, -0.2) is 4.79 Å². The fraction of sp³-hybridized carbons (Fsp3) is 0.567. The predicted molar refractivity (Wildman–Crippen MR) is 154 cm³/mol. The van der Waals surface area contributed by atoms with Gasteiger partial charge in [-0.2, -0.15) is 0 Å². The maximum absolute atomic E-state index is 13.2. The number of hydrogen-bond acceptors (Lipinski definition) is 15. The summed E-state index contributed by atoms with van der Waals surface area (Å²) in [6, 6.07) is 4.16. The van der Waals surface area contributed by atoms with Crippen LogP contribution >= 0.6 is 0 Å². The van der Waals surface area contributed by atoms with E-state index in [2.05, 4.69) is 11.2 Å². The fourth-order valence-corrected chi connectivity index (χ4v) is 4.16. The van der Waals surface area contributed by atoms with Gasteiger partial charge in [-0.3, -0.25) is 19.2 Å². The Hall–Kier alpha value is -4.27. The molecule has 0 spiro atoms. The SMILES string of the molecule is C#CCOCCOCCOCCNC(=O)c1cc(CO)ccc1O[C@@H]1O[C@H](C(=O)OC)[C@@H](OC(C)=O)[C@H](OC(C)=O)[C@H]1OC(C)=O. The van der Waals surface area contributed by atoms with E-state index in [0.717, 1.165) is 27.9 Å². The zero-order valence-corrected chi connectivity index (χ0v) is 26.0. The van der Waals surface area contributed by atoms with E-state index in [4.69, 9.17) is 49.1 Å². The number of methoxy groups -OCH3 is 1. The Balaban J connectivity index is 2.23. The van der Waals surface area contributed by atoms with Gasteiger partial charge >= 0.3 is 23.9 Å². The van der Waals surface area contributed by atoms with Crippen molar-refractivity contribution in [1.82, 2.24) is 5.32 Å². The Morgan fingerprint density at radius 2 is 1.46 bits per heavy atom. The summed E-state index contributed by atoms with van der Waals surface area (Å²) in [5.41, 5.74) is 0.297. The van der Waals surface area contributed by atoms with Crippen LogP contribution in [0, 0.1) is 12.3 Å². The Labute approximate surface area is 265 Å². The van der Waals surface area contributed by atoms with Crippen LogP contribution < -0.4 is 10.1 Å². The van der Waals surface area contributed by atoms with Crippen LogP contribution in [-0.4, -0.2) is 119 Å². The number of aliphatic hydroxyl groups is 1. The van der Waals surface area contributed by atoms with Gasteiger partial charge in [0.15, 0.2) is 18.3 Å². The zero-order chi connectivity index (χ0) is 34.1. The molecule has 254 valence electrons. The summed E-state index contributed by atoms with van der Waals surface area (Å²) in [6.07, 6.45) is -3.05. The normalized spacial score (nSPS) is 20.5. The monoisotopic (exact) mass is 653 g/mol. The Bertz CT molecular complexity index is 1230. The molecule has 0 aliphatic carbocycles. The molecule has 1 fully saturated rings. The molecule has 1 heterocycles. The summed E-state index contributed by atoms with van der Waals surface area (Å²) in [6.45, 7) is 4.45. The van der Waals surface area contributed by atoms with E-state index >= 15 is 0 Å². The minimum absolute atomic E-state index is 0.0622. The van der Waals surface area contributed by atoms with Gasteiger partial charge in [0.25, 0.3) is 5.91 Å². The van der Waals surface area contributed by atoms with Crippen LogP contribution in [0.2, 0.25) is 0 Å². The number of hydrogen-bond donors (Lipinski definition) is 2. The van der Waals surface area contributed by atoms with Gasteiger partial charge in [-0.15, -0.1) is 6.42 Å². The Morgan fingerprint density at radius 1 is 0.870 bits per heavy atom. The van der Waals surface area contributed by atoms with Crippen LogP contribution in [0.5, 0.6) is 5.75 Å². The Kier molecular flexibility index (Phi) is 16.5. The standard InChI is InChI=1S/C30H39NO15/c1-6-10-39-12-14-41-15-13-40-11-9-31-28(36)22-16-21(17-32)7-8-23(22)45-30-27(44-20(4)35)25(43-19(3)34)24(42-18(2)33)26(46-30)29(37)38-5/h1,7-8,16,24-27,30,32H,9-15,17H2,2-5H3,(H,31,36)/t24-,25-,26-,27+,30+/m0/s1. The van der Waals surface area contributed by atoms with Gasteiger partial charge in [-0.1, -0.05) is 12.0 Å². The molecule has 1 aliphatic heterocycles. The molecule has 5 atom stereocenters. The van der Waals surface area contributed by atoms with E-state index in [1.54, 1.807) is 0 Å². The van der Waals surface area contributed by atoms with Crippen molar-refractivity contribution in [3.63, 3.8) is 0 Å². The van der Waals surface area contributed by atoms with Gasteiger partial charge in [0.1, 0.15) is 12.4 Å². The number of rotatable bonds is 18. The lowest BCUT2D eigenvalue weighted by molar-refractivity contribution is -0.282. The molecule has 0 aromatic heterocycles. The lowest BCUT2D eigenvalue weighted by Gasteiger charge is -2.43. The van der Waals surface area contributed by atoms with Crippen LogP contribution in [-0.2, 0) is 63.7 Å². The summed E-state index contributed by atoms with van der Waals surface area (Å²) in [5.74, 6) is -1.99. The zero-order valence-electron chi connectivity index (χ0n) is 26.0. The van der Waals surface area contributed by atoms with E-state index in [9.17, 15) is 29.1 Å². The number of nitrogens with one attached hydrogen (secondary N) is 1. The number of benzene rings is 1. The second-order valence-corrected chi connectivity index (χ2v) is 9.51. The van der Waals surface area contributed by atoms with Gasteiger partial charge in [0.2, 0.25) is 12.4 Å². The number of carbonyl (C=O) groups excluding carboxylic acids is 5. The summed E-state index contributed by atoms with van der Waals surface area (Å²) >= 11 is 0. The van der Waals surface area contributed by atoms with Crippen molar-refractivity contribution in [3.8, 4) is 18.1 Å². The average molecular weight is 654 g/mol. The van der Waals surface area contributed by atoms with Crippen molar-refractivity contribution in [3.05, 3.63) is 29.3 Å². The van der Waals surface area contributed by atoms with Crippen molar-refractivity contribution in [2.45, 2.75) is 58.1 Å². The first-order chi connectivity index (χ1) is 22.0. The third kappa shape index (κ3) is 12.3. The molecule has 0 radical (unpaired) electrons. The quantitative estimate of drug-likeness (QED) is 0.0902. The highest BCUT2D eigenvalue weighted by Crippen LogP contribution is 2.32. The van der Waals surface area contributed by atoms with Crippen LogP contribution in [0.3, 0.4) is 0 Å². The molecule has 46 heavy (non-hydrogen) atoms. The van der Waals surface area contributed by atoms with Crippen molar-refractivity contribution < 1.29 is 71.7 Å². The van der Waals surface area contributed by atoms with E-state index in [1.807, 2.05) is 0 Å². The number of ether oxygens (including phenoxy) is 9. The van der Waals surface area contributed by atoms with Gasteiger partial charge in [0, 0.05) is 27.3 Å². The molecular formula is C30H39NO15. The summed E-state index contributed by atoms with van der Waals surface area (Å²) < 4.78 is 48.3. The number of esters is 4. The molecular weight excluding hydrogens is 614 g/mol. The first kappa shape index (κ1) is 37.9. The number of terminal acetylenes is 1. The number of amides is 1. The molecule has 0 bridgehead atoms. The van der Waals surface area contributed by atoms with Gasteiger partial charge in [0.05, 0.1) is 52.3 Å². The fourth-order valence-electron chi connectivity index (χ4n) is 4.16. The maximum Gasteiger partial charge on any atom is 0.339 e. The number of aliphatic hydroxyl groups excluding tert-OH is 1. The van der Waals surface area contributed by atoms with Crippen molar-refractivity contribution in [1.29, 1.82) is 0 Å². The second kappa shape index (κ2) is 20.0. The van der Waals surface area contributed by atoms with Crippen molar-refractivity contribution in [2.24, 2.45) is 0 Å². The molecule has 1 aliphatic rings. The van der Waals surface area contributed by atoms with Crippen LogP contribution in [0.15, 0.2) is 18.2 Å². The maximum atomic E-state index is 13.2. The minimum Gasteiger partial charge on any atom is -0.467 e. The third-order valence-electron chi connectivity index (χ3n) is 6.01. The summed E-state index contributed by atoms with van der Waals surface area (Å²) in [4.78, 5) is 61.9.